The average molecular weight is 762 g/mol. The van der Waals surface area contributed by atoms with E-state index < -0.39 is 77.8 Å². The van der Waals surface area contributed by atoms with Gasteiger partial charge in [-0.3, -0.25) is 19.0 Å². The molecule has 0 saturated carbocycles. The first-order valence-corrected chi connectivity index (χ1v) is 17.1. The van der Waals surface area contributed by atoms with Crippen LogP contribution in [0.1, 0.15) is 64.7 Å². The molecular weight excluding hydrogens is 728 g/mol. The van der Waals surface area contributed by atoms with E-state index in [1.165, 1.54) is 31.2 Å². The number of likely N-dealkylation sites (tertiary alicyclic amines) is 1. The van der Waals surface area contributed by atoms with Crippen LogP contribution in [0, 0.1) is 19.7 Å². The van der Waals surface area contributed by atoms with Crippen molar-refractivity contribution < 1.29 is 45.8 Å². The molecule has 15 heteroatoms. The van der Waals surface area contributed by atoms with E-state index >= 15 is 4.39 Å². The molecule has 0 spiro atoms. The standard InChI is InChI=1S/C38H34ClF6N3O5/c1-20-4-3-5-30-33(20)23-14-21(2)34(40)26(15-23)29(18-32(50)51)46-36(52)35(25-16-24(53-30)6-7-28(25)39)48-19-22(27(17-31(48)49)38(43,44)45)8-11-47-12-9-37(41,42)10-13-47/h3-7,14-17,19,29,35H,8-13,18H2,1-2H3,(H,46,52)(H,50,51). The number of benzene rings is 3. The van der Waals surface area contributed by atoms with E-state index in [4.69, 9.17) is 16.3 Å². The van der Waals surface area contributed by atoms with E-state index in [2.05, 4.69) is 5.32 Å². The highest BCUT2D eigenvalue weighted by Gasteiger charge is 2.38. The first-order chi connectivity index (χ1) is 24.9. The van der Waals surface area contributed by atoms with E-state index in [0.717, 1.165) is 16.3 Å². The van der Waals surface area contributed by atoms with Crippen molar-refractivity contribution in [2.45, 2.75) is 63.7 Å². The topological polar surface area (TPSA) is 101 Å². The van der Waals surface area contributed by atoms with Crippen LogP contribution in [0.3, 0.4) is 0 Å². The normalized spacial score (nSPS) is 18.8. The maximum absolute atomic E-state index is 15.9. The molecule has 1 aromatic heterocycles. The van der Waals surface area contributed by atoms with Crippen LogP contribution < -0.4 is 15.6 Å². The molecule has 3 aromatic carbocycles. The van der Waals surface area contributed by atoms with Gasteiger partial charge in [0.2, 0.25) is 5.91 Å². The Bertz CT molecular complexity index is 2140. The fourth-order valence-corrected chi connectivity index (χ4v) is 7.15. The summed E-state index contributed by atoms with van der Waals surface area (Å²) < 4.78 is 93.6. The average Bonchev–Trinajstić information content (AvgIpc) is 3.07. The van der Waals surface area contributed by atoms with Gasteiger partial charge in [0.25, 0.3) is 11.5 Å². The maximum Gasteiger partial charge on any atom is 0.416 e. The van der Waals surface area contributed by atoms with Gasteiger partial charge in [-0.2, -0.15) is 13.2 Å². The second-order valence-electron chi connectivity index (χ2n) is 13.4. The van der Waals surface area contributed by atoms with E-state index in [9.17, 15) is 41.4 Å². The minimum Gasteiger partial charge on any atom is -0.481 e. The van der Waals surface area contributed by atoms with Crippen LogP contribution in [-0.4, -0.2) is 52.0 Å². The molecule has 280 valence electrons. The van der Waals surface area contributed by atoms with Gasteiger partial charge >= 0.3 is 12.1 Å². The Morgan fingerprint density at radius 2 is 1.74 bits per heavy atom. The molecule has 0 radical (unpaired) electrons. The number of alkyl halides is 5. The number of hydrogen-bond acceptors (Lipinski definition) is 5. The summed E-state index contributed by atoms with van der Waals surface area (Å²) in [6.45, 7) is 3.13. The highest BCUT2D eigenvalue weighted by atomic mass is 35.5. The van der Waals surface area contributed by atoms with Crippen LogP contribution in [0.4, 0.5) is 26.3 Å². The molecule has 2 aliphatic rings. The quantitative estimate of drug-likeness (QED) is 0.192. The summed E-state index contributed by atoms with van der Waals surface area (Å²) in [5, 5.41) is 12.3. The number of carboxylic acid groups (broad SMARTS) is 1. The van der Waals surface area contributed by atoms with Crippen molar-refractivity contribution in [3.8, 4) is 22.6 Å². The molecule has 3 heterocycles. The van der Waals surface area contributed by atoms with Gasteiger partial charge in [-0.25, -0.2) is 13.2 Å². The molecule has 1 amide bonds. The lowest BCUT2D eigenvalue weighted by molar-refractivity contribution is -0.139. The van der Waals surface area contributed by atoms with Crippen LogP contribution >= 0.6 is 11.6 Å². The Hall–Kier alpha value is -4.82. The third-order valence-electron chi connectivity index (χ3n) is 9.65. The number of carboxylic acids is 1. The minimum atomic E-state index is -4.99. The summed E-state index contributed by atoms with van der Waals surface area (Å²) in [6, 6.07) is 9.38. The number of fused-ring (bicyclic) bond motifs is 6. The van der Waals surface area contributed by atoms with Crippen molar-refractivity contribution in [1.82, 2.24) is 14.8 Å². The van der Waals surface area contributed by atoms with Gasteiger partial charge in [-0.15, -0.1) is 0 Å². The zero-order chi connectivity index (χ0) is 38.4. The van der Waals surface area contributed by atoms with Gasteiger partial charge in [0.1, 0.15) is 23.4 Å². The number of aryl methyl sites for hydroxylation is 2. The molecule has 0 aliphatic carbocycles. The number of nitrogens with one attached hydrogen (secondary N) is 1. The number of aliphatic carboxylic acids is 1. The Morgan fingerprint density at radius 1 is 1.02 bits per heavy atom. The second kappa shape index (κ2) is 14.5. The number of carbonyl (C=O) groups is 2. The summed E-state index contributed by atoms with van der Waals surface area (Å²) >= 11 is 6.64. The van der Waals surface area contributed by atoms with Gasteiger partial charge in [0.15, 0.2) is 0 Å². The molecule has 6 rings (SSSR count). The number of nitrogens with zero attached hydrogens (tertiary/aromatic N) is 2. The molecular formula is C38H34ClF6N3O5. The fraction of sp³-hybridized carbons (Fsp3) is 0.342. The van der Waals surface area contributed by atoms with Gasteiger partial charge in [-0.1, -0.05) is 23.7 Å². The number of aromatic nitrogens is 1. The van der Waals surface area contributed by atoms with E-state index in [0.29, 0.717) is 22.9 Å². The van der Waals surface area contributed by atoms with Crippen LogP contribution in [-0.2, 0) is 22.2 Å². The second-order valence-corrected chi connectivity index (χ2v) is 13.8. The van der Waals surface area contributed by atoms with E-state index in [-0.39, 0.29) is 53.5 Å². The first-order valence-electron chi connectivity index (χ1n) is 16.7. The van der Waals surface area contributed by atoms with Crippen molar-refractivity contribution in [1.29, 1.82) is 0 Å². The molecule has 2 aliphatic heterocycles. The van der Waals surface area contributed by atoms with Crippen molar-refractivity contribution in [2.24, 2.45) is 0 Å². The molecule has 2 unspecified atom stereocenters. The Kier molecular flexibility index (Phi) is 10.4. The zero-order valence-electron chi connectivity index (χ0n) is 28.5. The molecule has 4 bridgehead atoms. The lowest BCUT2D eigenvalue weighted by Crippen LogP contribution is -2.41. The minimum absolute atomic E-state index is 0.0488. The van der Waals surface area contributed by atoms with E-state index in [1.807, 2.05) is 0 Å². The Morgan fingerprint density at radius 3 is 2.42 bits per heavy atom. The van der Waals surface area contributed by atoms with Gasteiger partial charge in [-0.05, 0) is 78.9 Å². The Balaban J connectivity index is 1.54. The molecule has 1 fully saturated rings. The number of rotatable bonds is 6. The summed E-state index contributed by atoms with van der Waals surface area (Å²) in [7, 11) is 0. The summed E-state index contributed by atoms with van der Waals surface area (Å²) in [5.41, 5.74) is -1.31. The molecule has 4 aromatic rings. The van der Waals surface area contributed by atoms with Crippen molar-refractivity contribution in [3.63, 3.8) is 0 Å². The lowest BCUT2D eigenvalue weighted by atomic mass is 9.92. The SMILES string of the molecule is Cc1cc2cc(c1F)C(CC(=O)O)NC(=O)C(n1cc(CCN3CCC(F)(F)CC3)c(C(F)(F)F)cc1=O)c1cc(ccc1Cl)Oc1cccc(C)c1-2. The first kappa shape index (κ1) is 37.9. The molecule has 2 N–H and O–H groups in total. The van der Waals surface area contributed by atoms with Crippen molar-refractivity contribution >= 4 is 23.5 Å². The fourth-order valence-electron chi connectivity index (χ4n) is 6.93. The number of pyridine rings is 1. The molecule has 2 atom stereocenters. The molecule has 1 saturated heterocycles. The number of halogens is 7. The summed E-state index contributed by atoms with van der Waals surface area (Å²) in [4.78, 5) is 41.9. The number of piperidine rings is 1. The number of amides is 1. The predicted molar refractivity (Wildman–Crippen MR) is 184 cm³/mol. The van der Waals surface area contributed by atoms with Gasteiger partial charge in [0.05, 0.1) is 18.0 Å². The lowest BCUT2D eigenvalue weighted by Gasteiger charge is -2.32. The summed E-state index contributed by atoms with van der Waals surface area (Å²) in [5.74, 6) is -5.70. The third-order valence-corrected chi connectivity index (χ3v) is 9.99. The predicted octanol–water partition coefficient (Wildman–Crippen LogP) is 8.24. The van der Waals surface area contributed by atoms with Crippen molar-refractivity contribution in [2.75, 3.05) is 19.6 Å². The highest BCUT2D eigenvalue weighted by molar-refractivity contribution is 6.31. The largest absolute Gasteiger partial charge is 0.481 e. The van der Waals surface area contributed by atoms with Crippen LogP contribution in [0.25, 0.3) is 11.1 Å². The Labute approximate surface area is 304 Å². The summed E-state index contributed by atoms with van der Waals surface area (Å²) in [6.07, 6.45) is -6.14. The zero-order valence-corrected chi connectivity index (χ0v) is 29.3. The third kappa shape index (κ3) is 8.08. The van der Waals surface area contributed by atoms with Gasteiger partial charge < -0.3 is 20.1 Å². The van der Waals surface area contributed by atoms with E-state index in [1.54, 1.807) is 36.1 Å². The van der Waals surface area contributed by atoms with Gasteiger partial charge in [0, 0.05) is 66.5 Å². The molecule has 53 heavy (non-hydrogen) atoms. The maximum atomic E-state index is 15.9. The van der Waals surface area contributed by atoms with Crippen LogP contribution in [0.15, 0.2) is 65.6 Å². The smallest absolute Gasteiger partial charge is 0.416 e. The monoisotopic (exact) mass is 761 g/mol. The number of hydrogen-bond donors (Lipinski definition) is 2. The van der Waals surface area contributed by atoms with Crippen LogP contribution in [0.2, 0.25) is 5.02 Å². The number of carbonyl (C=O) groups excluding carboxylic acids is 1. The number of ether oxygens (including phenoxy) is 1. The van der Waals surface area contributed by atoms with Crippen LogP contribution in [0.5, 0.6) is 11.5 Å². The molecule has 8 nitrogen and oxygen atoms in total. The highest BCUT2D eigenvalue weighted by Crippen LogP contribution is 2.41. The van der Waals surface area contributed by atoms with Crippen molar-refractivity contribution in [3.05, 3.63) is 115 Å².